The topological polar surface area (TPSA) is 38.3 Å². The number of halogens is 1. The second-order valence-corrected chi connectivity index (χ2v) is 6.19. The molecular weight excluding hydrogens is 269 g/mol. The van der Waals surface area contributed by atoms with Crippen molar-refractivity contribution in [3.63, 3.8) is 0 Å². The zero-order valence-electron chi connectivity index (χ0n) is 13.0. The summed E-state index contributed by atoms with van der Waals surface area (Å²) in [5.74, 6) is 0.444. The largest absolute Gasteiger partial charge is 0.465 e. The van der Waals surface area contributed by atoms with E-state index in [0.29, 0.717) is 23.6 Å². The van der Waals surface area contributed by atoms with Gasteiger partial charge in [0.2, 0.25) is 0 Å². The lowest BCUT2D eigenvalue weighted by atomic mass is 9.79. The first-order valence-electron chi connectivity index (χ1n) is 7.65. The molecule has 0 aliphatic heterocycles. The number of hydrogen-bond acceptors (Lipinski definition) is 3. The summed E-state index contributed by atoms with van der Waals surface area (Å²) in [6.07, 6.45) is 4.63. The monoisotopic (exact) mass is 293 g/mol. The molecule has 1 N–H and O–H groups in total. The minimum Gasteiger partial charge on any atom is -0.465 e. The van der Waals surface area contributed by atoms with Crippen molar-refractivity contribution >= 4 is 11.7 Å². The molecule has 1 fully saturated rings. The lowest BCUT2D eigenvalue weighted by Crippen LogP contribution is -2.30. The zero-order valence-corrected chi connectivity index (χ0v) is 13.0. The Labute approximate surface area is 125 Å². The van der Waals surface area contributed by atoms with Crippen LogP contribution in [-0.2, 0) is 4.74 Å². The van der Waals surface area contributed by atoms with Crippen LogP contribution in [0, 0.1) is 17.7 Å². The van der Waals surface area contributed by atoms with Crippen molar-refractivity contribution in [1.82, 2.24) is 0 Å². The fraction of sp³-hybridized carbons (Fsp3) is 0.588. The molecule has 3 nitrogen and oxygen atoms in total. The van der Waals surface area contributed by atoms with Crippen LogP contribution in [0.25, 0.3) is 0 Å². The summed E-state index contributed by atoms with van der Waals surface area (Å²) in [7, 11) is 1.31. The Bertz CT molecular complexity index is 502. The highest BCUT2D eigenvalue weighted by Gasteiger charge is 2.25. The molecule has 4 heteroatoms. The highest BCUT2D eigenvalue weighted by molar-refractivity contribution is 5.95. The standard InChI is InChI=1S/C17H24FNO2/c1-11(2)12-5-4-6-14(9-12)19-16-8-7-13(18)10-15(16)17(20)21-3/h7-8,10-12,14,19H,4-6,9H2,1-3H3. The van der Waals surface area contributed by atoms with Crippen LogP contribution in [0.4, 0.5) is 10.1 Å². The van der Waals surface area contributed by atoms with Crippen molar-refractivity contribution < 1.29 is 13.9 Å². The van der Waals surface area contributed by atoms with E-state index in [1.165, 1.54) is 32.1 Å². The van der Waals surface area contributed by atoms with E-state index >= 15 is 0 Å². The van der Waals surface area contributed by atoms with E-state index < -0.39 is 11.8 Å². The number of anilines is 1. The van der Waals surface area contributed by atoms with E-state index in [0.717, 1.165) is 12.8 Å². The van der Waals surface area contributed by atoms with Crippen molar-refractivity contribution in [2.24, 2.45) is 11.8 Å². The Morgan fingerprint density at radius 2 is 2.14 bits per heavy atom. The van der Waals surface area contributed by atoms with Crippen molar-refractivity contribution in [2.45, 2.75) is 45.6 Å². The predicted octanol–water partition coefficient (Wildman–Crippen LogP) is 4.24. The van der Waals surface area contributed by atoms with Gasteiger partial charge in [-0.1, -0.05) is 26.7 Å². The first-order chi connectivity index (χ1) is 10.0. The van der Waals surface area contributed by atoms with Crippen molar-refractivity contribution in [1.29, 1.82) is 0 Å². The maximum atomic E-state index is 13.4. The minimum atomic E-state index is -0.506. The Kier molecular flexibility index (Phi) is 5.21. The van der Waals surface area contributed by atoms with Crippen LogP contribution in [-0.4, -0.2) is 19.1 Å². The SMILES string of the molecule is COC(=O)c1cc(F)ccc1NC1CCCC(C(C)C)C1. The van der Waals surface area contributed by atoms with E-state index in [9.17, 15) is 9.18 Å². The van der Waals surface area contributed by atoms with E-state index in [4.69, 9.17) is 4.74 Å². The number of hydrogen-bond donors (Lipinski definition) is 1. The van der Waals surface area contributed by atoms with Crippen LogP contribution in [0.3, 0.4) is 0 Å². The second-order valence-electron chi connectivity index (χ2n) is 6.19. The summed E-state index contributed by atoms with van der Waals surface area (Å²) in [6.45, 7) is 4.51. The Hall–Kier alpha value is -1.58. The number of rotatable bonds is 4. The third kappa shape index (κ3) is 3.96. The summed E-state index contributed by atoms with van der Waals surface area (Å²) in [5, 5.41) is 3.41. The Morgan fingerprint density at radius 1 is 1.38 bits per heavy atom. The molecule has 2 atom stereocenters. The Balaban J connectivity index is 2.13. The van der Waals surface area contributed by atoms with Crippen molar-refractivity contribution in [3.05, 3.63) is 29.6 Å². The summed E-state index contributed by atoms with van der Waals surface area (Å²) in [4.78, 5) is 11.8. The summed E-state index contributed by atoms with van der Waals surface area (Å²) in [6, 6.07) is 4.56. The van der Waals surface area contributed by atoms with Crippen LogP contribution in [0.1, 0.15) is 49.9 Å². The van der Waals surface area contributed by atoms with E-state index in [1.807, 2.05) is 0 Å². The van der Waals surface area contributed by atoms with Gasteiger partial charge in [0.05, 0.1) is 12.7 Å². The minimum absolute atomic E-state index is 0.268. The third-order valence-electron chi connectivity index (χ3n) is 4.40. The lowest BCUT2D eigenvalue weighted by molar-refractivity contribution is 0.0601. The molecule has 0 saturated heterocycles. The van der Waals surface area contributed by atoms with Crippen molar-refractivity contribution in [2.75, 3.05) is 12.4 Å². The average molecular weight is 293 g/mol. The number of carbonyl (C=O) groups is 1. The van der Waals surface area contributed by atoms with E-state index in [2.05, 4.69) is 19.2 Å². The maximum absolute atomic E-state index is 13.4. The number of carbonyl (C=O) groups excluding carboxylic acids is 1. The molecule has 1 aliphatic rings. The van der Waals surface area contributed by atoms with Crippen LogP contribution < -0.4 is 5.32 Å². The summed E-state index contributed by atoms with van der Waals surface area (Å²) >= 11 is 0. The molecule has 1 aromatic rings. The number of esters is 1. The highest BCUT2D eigenvalue weighted by Crippen LogP contribution is 2.32. The first-order valence-corrected chi connectivity index (χ1v) is 7.65. The van der Waals surface area contributed by atoms with Crippen LogP contribution in [0.2, 0.25) is 0 Å². The summed E-state index contributed by atoms with van der Waals surface area (Å²) < 4.78 is 18.1. The van der Waals surface area contributed by atoms with Crippen LogP contribution in [0.5, 0.6) is 0 Å². The first kappa shape index (κ1) is 15.8. The number of nitrogens with one attached hydrogen (secondary N) is 1. The normalized spacial score (nSPS) is 22.1. The molecule has 0 radical (unpaired) electrons. The van der Waals surface area contributed by atoms with E-state index in [1.54, 1.807) is 6.07 Å². The zero-order chi connectivity index (χ0) is 15.4. The predicted molar refractivity (Wildman–Crippen MR) is 81.9 cm³/mol. The number of methoxy groups -OCH3 is 1. The smallest absolute Gasteiger partial charge is 0.340 e. The van der Waals surface area contributed by atoms with Crippen LogP contribution in [0.15, 0.2) is 18.2 Å². The average Bonchev–Trinajstić information content (AvgIpc) is 2.48. The van der Waals surface area contributed by atoms with Gasteiger partial charge in [-0.25, -0.2) is 9.18 Å². The third-order valence-corrected chi connectivity index (χ3v) is 4.40. The van der Waals surface area contributed by atoms with Gasteiger partial charge >= 0.3 is 5.97 Å². The molecule has 2 unspecified atom stereocenters. The number of benzene rings is 1. The molecule has 0 amide bonds. The molecule has 0 heterocycles. The van der Waals surface area contributed by atoms with Crippen LogP contribution >= 0.6 is 0 Å². The molecule has 1 aromatic carbocycles. The van der Waals surface area contributed by atoms with Gasteiger partial charge < -0.3 is 10.1 Å². The maximum Gasteiger partial charge on any atom is 0.340 e. The van der Waals surface area contributed by atoms with E-state index in [-0.39, 0.29) is 5.56 Å². The highest BCUT2D eigenvalue weighted by atomic mass is 19.1. The van der Waals surface area contributed by atoms with Gasteiger partial charge in [0, 0.05) is 11.7 Å². The lowest BCUT2D eigenvalue weighted by Gasteiger charge is -2.33. The van der Waals surface area contributed by atoms with Gasteiger partial charge in [-0.05, 0) is 42.9 Å². The molecular formula is C17H24FNO2. The van der Waals surface area contributed by atoms with Gasteiger partial charge in [0.1, 0.15) is 5.82 Å². The molecule has 1 aliphatic carbocycles. The number of ether oxygens (including phenoxy) is 1. The molecule has 21 heavy (non-hydrogen) atoms. The van der Waals surface area contributed by atoms with Gasteiger partial charge in [-0.2, -0.15) is 0 Å². The van der Waals surface area contributed by atoms with Crippen molar-refractivity contribution in [3.8, 4) is 0 Å². The second kappa shape index (κ2) is 6.92. The fourth-order valence-electron chi connectivity index (χ4n) is 3.11. The molecule has 0 bridgehead atoms. The molecule has 0 spiro atoms. The summed E-state index contributed by atoms with van der Waals surface area (Å²) in [5.41, 5.74) is 0.932. The van der Waals surface area contributed by atoms with Gasteiger partial charge in [-0.3, -0.25) is 0 Å². The fourth-order valence-corrected chi connectivity index (χ4v) is 3.11. The Morgan fingerprint density at radius 3 is 2.81 bits per heavy atom. The molecule has 0 aromatic heterocycles. The molecule has 1 saturated carbocycles. The van der Waals surface area contributed by atoms with Gasteiger partial charge in [0.15, 0.2) is 0 Å². The molecule has 116 valence electrons. The quantitative estimate of drug-likeness (QED) is 0.844. The van der Waals surface area contributed by atoms with Gasteiger partial charge in [-0.15, -0.1) is 0 Å². The molecule has 2 rings (SSSR count). The van der Waals surface area contributed by atoms with Gasteiger partial charge in [0.25, 0.3) is 0 Å².